The molecule has 0 radical (unpaired) electrons. The Morgan fingerprint density at radius 3 is 2.59 bits per heavy atom. The van der Waals surface area contributed by atoms with Gasteiger partial charge in [-0.25, -0.2) is 4.79 Å². The van der Waals surface area contributed by atoms with Crippen molar-refractivity contribution in [1.82, 2.24) is 20.9 Å². The second-order valence-electron chi connectivity index (χ2n) is 6.48. The predicted molar refractivity (Wildman–Crippen MR) is 101 cm³/mol. The summed E-state index contributed by atoms with van der Waals surface area (Å²) in [6.07, 6.45) is 0.781. The third-order valence-electron chi connectivity index (χ3n) is 4.03. The third kappa shape index (κ3) is 8.45. The number of carbonyl (C=O) groups excluding carboxylic acids is 4. The Kier molecular flexibility index (Phi) is 9.35. The van der Waals surface area contributed by atoms with E-state index in [9.17, 15) is 24.0 Å². The second-order valence-corrected chi connectivity index (χ2v) is 6.48. The normalized spacial score (nSPS) is 19.1. The zero-order valence-electron chi connectivity index (χ0n) is 16.1. The van der Waals surface area contributed by atoms with Gasteiger partial charge < -0.3 is 31.9 Å². The van der Waals surface area contributed by atoms with Crippen molar-refractivity contribution in [2.45, 2.75) is 32.2 Å². The lowest BCUT2D eigenvalue weighted by Gasteiger charge is -2.13. The van der Waals surface area contributed by atoms with Crippen molar-refractivity contribution in [2.24, 2.45) is 16.6 Å². The Balaban J connectivity index is 0.000000502. The lowest BCUT2D eigenvalue weighted by molar-refractivity contribution is -0.141. The Morgan fingerprint density at radius 1 is 1.41 bits per heavy atom. The molecule has 2 rings (SSSR count). The second kappa shape index (κ2) is 11.5. The molecule has 0 unspecified atom stereocenters. The Labute approximate surface area is 166 Å². The molecule has 0 spiro atoms. The molecular weight excluding hydrogens is 388 g/mol. The lowest BCUT2D eigenvalue weighted by atomic mass is 10.1. The van der Waals surface area contributed by atoms with Gasteiger partial charge in [-0.05, 0) is 19.8 Å². The predicted octanol–water partition coefficient (Wildman–Crippen LogP) is -2.93. The number of hydrogen-bond donors (Lipinski definition) is 5. The van der Waals surface area contributed by atoms with Crippen LogP contribution in [-0.4, -0.2) is 83.1 Å². The first-order valence-electron chi connectivity index (χ1n) is 9.01. The van der Waals surface area contributed by atoms with Crippen LogP contribution in [0.1, 0.15) is 26.2 Å². The summed E-state index contributed by atoms with van der Waals surface area (Å²) in [6.45, 7) is 2.75. The van der Waals surface area contributed by atoms with Crippen molar-refractivity contribution in [2.75, 3.05) is 26.2 Å². The number of carboxylic acids is 1. The largest absolute Gasteiger partial charge is 0.564 e. The number of hydrogen-bond acceptors (Lipinski definition) is 8. The van der Waals surface area contributed by atoms with Crippen LogP contribution in [0, 0.1) is 5.92 Å². The minimum absolute atomic E-state index is 0.0532. The number of nitrogens with two attached hydrogens (primary N) is 1. The molecule has 0 bridgehead atoms. The van der Waals surface area contributed by atoms with Crippen molar-refractivity contribution >= 4 is 35.7 Å². The molecule has 1 fully saturated rings. The topological polar surface area (TPSA) is 206 Å². The van der Waals surface area contributed by atoms with Gasteiger partial charge >= 0.3 is 18.0 Å². The van der Waals surface area contributed by atoms with Crippen molar-refractivity contribution in [3.8, 4) is 0 Å². The third-order valence-corrected chi connectivity index (χ3v) is 4.03. The number of urea groups is 1. The van der Waals surface area contributed by atoms with Gasteiger partial charge in [0.05, 0.1) is 0 Å². The van der Waals surface area contributed by atoms with Gasteiger partial charge in [0, 0.05) is 30.8 Å². The maximum atomic E-state index is 11.9. The molecule has 0 aromatic heterocycles. The van der Waals surface area contributed by atoms with E-state index >= 15 is 0 Å². The molecule has 29 heavy (non-hydrogen) atoms. The molecular formula is C16H27N6O7+. The first kappa shape index (κ1) is 23.7. The first-order chi connectivity index (χ1) is 13.6. The van der Waals surface area contributed by atoms with Crippen molar-refractivity contribution in [3.63, 3.8) is 0 Å². The Hall–Kier alpha value is -3.38. The average molecular weight is 415 g/mol. The van der Waals surface area contributed by atoms with E-state index in [0.29, 0.717) is 10.9 Å². The molecule has 2 atom stereocenters. The van der Waals surface area contributed by atoms with Gasteiger partial charge in [-0.15, -0.1) is 0 Å². The number of nitrogens with one attached hydrogen (secondary N) is 3. The fourth-order valence-corrected chi connectivity index (χ4v) is 2.30. The monoisotopic (exact) mass is 415 g/mol. The number of rotatable bonds is 8. The summed E-state index contributed by atoms with van der Waals surface area (Å²) in [7, 11) is 0. The van der Waals surface area contributed by atoms with E-state index in [-0.39, 0.29) is 19.4 Å². The van der Waals surface area contributed by atoms with Crippen LogP contribution in [0.25, 0.3) is 0 Å². The van der Waals surface area contributed by atoms with Crippen molar-refractivity contribution in [3.05, 3.63) is 0 Å². The van der Waals surface area contributed by atoms with Crippen LogP contribution < -0.4 is 21.7 Å². The summed E-state index contributed by atoms with van der Waals surface area (Å²) in [5.41, 5.74) is 5.27. The summed E-state index contributed by atoms with van der Waals surface area (Å²) in [5, 5.41) is 23.0. The van der Waals surface area contributed by atoms with Crippen LogP contribution in [0.2, 0.25) is 0 Å². The van der Waals surface area contributed by atoms with E-state index in [1.54, 1.807) is 0 Å². The van der Waals surface area contributed by atoms with Gasteiger partial charge in [0.25, 0.3) is 5.91 Å². The summed E-state index contributed by atoms with van der Waals surface area (Å²) in [5.74, 6) is -3.32. The maximum absolute atomic E-state index is 11.9. The van der Waals surface area contributed by atoms with E-state index < -0.39 is 48.3 Å². The number of nitrogens with zero attached hydrogens (tertiary/aromatic N) is 2. The summed E-state index contributed by atoms with van der Waals surface area (Å²) >= 11 is 0. The Bertz CT molecular complexity index is 681. The fraction of sp³-hybridized carbons (Fsp3) is 0.625. The molecule has 0 aromatic rings. The van der Waals surface area contributed by atoms with Crippen molar-refractivity contribution < 1.29 is 34.2 Å². The molecule has 2 heterocycles. The minimum atomic E-state index is -1.09. The molecule has 0 aliphatic carbocycles. The SMILES string of the molecule is C[C@@H](CNC(=O)CN1C(=O)N[C@@H](CCC(=O)O)C1=O)C(=O)[OH2+].NC1=NCCCN1. The van der Waals surface area contributed by atoms with Crippen molar-refractivity contribution in [1.29, 1.82) is 0 Å². The zero-order valence-corrected chi connectivity index (χ0v) is 16.1. The highest BCUT2D eigenvalue weighted by atomic mass is 16.4. The molecule has 0 saturated carbocycles. The number of aliphatic carboxylic acids is 1. The maximum Gasteiger partial charge on any atom is 0.520 e. The Morgan fingerprint density at radius 2 is 2.10 bits per heavy atom. The van der Waals surface area contributed by atoms with E-state index in [1.165, 1.54) is 6.92 Å². The molecule has 1 saturated heterocycles. The zero-order chi connectivity index (χ0) is 22.0. The van der Waals surface area contributed by atoms with E-state index in [0.717, 1.165) is 19.5 Å². The number of amides is 4. The highest BCUT2D eigenvalue weighted by Gasteiger charge is 2.38. The molecule has 2 aliphatic rings. The summed E-state index contributed by atoms with van der Waals surface area (Å²) < 4.78 is 0. The smallest absolute Gasteiger partial charge is 0.520 e. The van der Waals surface area contributed by atoms with Crippen LogP contribution in [0.15, 0.2) is 4.99 Å². The van der Waals surface area contributed by atoms with Crippen LogP contribution in [0.4, 0.5) is 4.79 Å². The number of aliphatic imine (C=N–C) groups is 1. The van der Waals surface area contributed by atoms with E-state index in [2.05, 4.69) is 20.9 Å². The van der Waals surface area contributed by atoms with Gasteiger partial charge in [-0.1, -0.05) is 0 Å². The van der Waals surface area contributed by atoms with Gasteiger partial charge in [-0.2, -0.15) is 0 Å². The minimum Gasteiger partial charge on any atom is -0.564 e. The molecule has 13 nitrogen and oxygen atoms in total. The first-order valence-corrected chi connectivity index (χ1v) is 9.01. The molecule has 162 valence electrons. The highest BCUT2D eigenvalue weighted by Crippen LogP contribution is 2.11. The van der Waals surface area contributed by atoms with Gasteiger partial charge in [0.15, 0.2) is 5.96 Å². The summed E-state index contributed by atoms with van der Waals surface area (Å²) in [6, 6.07) is -1.72. The fourth-order valence-electron chi connectivity index (χ4n) is 2.30. The van der Waals surface area contributed by atoms with Crippen LogP contribution in [0.5, 0.6) is 0 Å². The number of guanidine groups is 1. The highest BCUT2D eigenvalue weighted by molar-refractivity contribution is 6.06. The number of carbonyl (C=O) groups is 5. The molecule has 2 aliphatic heterocycles. The lowest BCUT2D eigenvalue weighted by Crippen LogP contribution is -2.42. The molecule has 0 aromatic carbocycles. The van der Waals surface area contributed by atoms with Crippen LogP contribution in [-0.2, 0) is 19.2 Å². The van der Waals surface area contributed by atoms with Gasteiger partial charge in [0.2, 0.25) is 5.91 Å². The summed E-state index contributed by atoms with van der Waals surface area (Å²) in [4.78, 5) is 60.9. The molecule has 13 heteroatoms. The van der Waals surface area contributed by atoms with E-state index in [4.69, 9.17) is 15.9 Å². The van der Waals surface area contributed by atoms with Gasteiger partial charge in [0.1, 0.15) is 18.5 Å². The van der Waals surface area contributed by atoms with Crippen LogP contribution >= 0.6 is 0 Å². The van der Waals surface area contributed by atoms with Crippen LogP contribution in [0.3, 0.4) is 0 Å². The van der Waals surface area contributed by atoms with E-state index in [1.807, 2.05) is 0 Å². The number of carboxylic acid groups (broad SMARTS) is 1. The van der Waals surface area contributed by atoms with Gasteiger partial charge in [-0.3, -0.25) is 24.3 Å². The average Bonchev–Trinajstić information content (AvgIpc) is 2.93. The molecule has 4 amide bonds. The number of imide groups is 1. The standard InChI is InChI=1S/C12H17N3O7.C4H9N3/c1-6(11(20)21)4-13-8(16)5-15-10(19)7(14-12(15)22)2-3-9(17)18;5-4-6-2-1-3-7-4/h6-7H,2-5H2,1H3,(H,13,16)(H,14,22)(H,17,18)(H,20,21);1-3H2,(H3,5,6,7)/p+1/t6-,7-;/m0./s1. The quantitative estimate of drug-likeness (QED) is 0.204. The molecule has 8 N–H and O–H groups in total.